The topological polar surface area (TPSA) is 48.5 Å². The first-order valence-corrected chi connectivity index (χ1v) is 7.11. The molecule has 0 spiro atoms. The average Bonchev–Trinajstić information content (AvgIpc) is 2.54. The van der Waals surface area contributed by atoms with Crippen LogP contribution in [0.4, 0.5) is 11.4 Å². The van der Waals surface area contributed by atoms with Crippen LogP contribution in [0.15, 0.2) is 47.7 Å². The van der Waals surface area contributed by atoms with E-state index in [1.54, 1.807) is 7.05 Å². The van der Waals surface area contributed by atoms with Crippen LogP contribution in [0.25, 0.3) is 0 Å². The quantitative estimate of drug-likeness (QED) is 0.453. The summed E-state index contributed by atoms with van der Waals surface area (Å²) in [6.45, 7) is 8.03. The fraction of sp³-hybridized carbons (Fsp3) is 0.278. The molecule has 0 unspecified atom stereocenters. The summed E-state index contributed by atoms with van der Waals surface area (Å²) in [5.74, 6) is 0.909. The fourth-order valence-electron chi connectivity index (χ4n) is 2.26. The highest BCUT2D eigenvalue weighted by molar-refractivity contribution is 5.84. The van der Waals surface area contributed by atoms with Gasteiger partial charge in [-0.15, -0.1) is 12.8 Å². The van der Waals surface area contributed by atoms with Gasteiger partial charge >= 0.3 is 0 Å². The largest absolute Gasteiger partial charge is 0.377 e. The Morgan fingerprint density at radius 3 is 2.73 bits per heavy atom. The number of nitrogens with one attached hydrogen (secondary N) is 3. The number of hydrogen-bond acceptors (Lipinski definition) is 3. The molecule has 1 aromatic carbocycles. The van der Waals surface area contributed by atoms with Crippen LogP contribution in [0.1, 0.15) is 18.4 Å². The van der Waals surface area contributed by atoms with Gasteiger partial charge in [0.1, 0.15) is 5.84 Å². The molecule has 22 heavy (non-hydrogen) atoms. The van der Waals surface area contributed by atoms with Gasteiger partial charge in [0.25, 0.3) is 0 Å². The van der Waals surface area contributed by atoms with Crippen molar-refractivity contribution in [3.8, 4) is 12.8 Å². The zero-order chi connectivity index (χ0) is 16.5. The minimum Gasteiger partial charge on any atom is -0.377 e. The predicted octanol–water partition coefficient (Wildman–Crippen LogP) is 3.37. The number of amidine groups is 1. The second kappa shape index (κ2) is 8.58. The summed E-state index contributed by atoms with van der Waals surface area (Å²) in [4.78, 5) is 4.15. The van der Waals surface area contributed by atoms with Gasteiger partial charge in [0.15, 0.2) is 0 Å². The summed E-state index contributed by atoms with van der Waals surface area (Å²) in [6, 6.07) is 6.34. The maximum absolute atomic E-state index is 4.15. The zero-order valence-electron chi connectivity index (χ0n) is 13.4. The maximum atomic E-state index is 4.15. The van der Waals surface area contributed by atoms with E-state index < -0.39 is 0 Å². The molecule has 1 aromatic rings. The lowest BCUT2D eigenvalue weighted by Gasteiger charge is -2.21. The van der Waals surface area contributed by atoms with Gasteiger partial charge in [-0.05, 0) is 30.5 Å². The maximum Gasteiger partial charge on any atom is 0.102 e. The van der Waals surface area contributed by atoms with Crippen molar-refractivity contribution >= 4 is 17.2 Å². The monoisotopic (exact) mass is 296 g/mol. The van der Waals surface area contributed by atoms with Crippen molar-refractivity contribution in [2.45, 2.75) is 19.3 Å². The minimum atomic E-state index is 0.685. The van der Waals surface area contributed by atoms with Crippen molar-refractivity contribution < 1.29 is 0 Å². The number of rotatable bonds is 4. The Morgan fingerprint density at radius 1 is 1.36 bits per heavy atom. The van der Waals surface area contributed by atoms with Crippen molar-refractivity contribution in [2.24, 2.45) is 4.99 Å². The third-order valence-electron chi connectivity index (χ3n) is 3.38. The van der Waals surface area contributed by atoms with E-state index in [1.807, 2.05) is 7.05 Å². The van der Waals surface area contributed by atoms with Gasteiger partial charge in [-0.3, -0.25) is 4.99 Å². The number of nitrogens with zero attached hydrogens (tertiary/aromatic N) is 1. The standard InChI is InChI=1S/C16H22N4.C2H2/c1-11-5-6-13-7-8-14(10-15(13)20-11)19-12(2)9-16(17-3)18-4;1-2/h7-8,10,19-20H,1-2,5-6,9H2,3-4H3,(H,17,18);1-2H. The van der Waals surface area contributed by atoms with E-state index in [1.165, 1.54) is 5.56 Å². The van der Waals surface area contributed by atoms with Crippen LogP contribution in [0.2, 0.25) is 0 Å². The number of anilines is 2. The lowest BCUT2D eigenvalue weighted by Crippen LogP contribution is -2.20. The molecule has 0 saturated heterocycles. The highest BCUT2D eigenvalue weighted by Crippen LogP contribution is 2.29. The lowest BCUT2D eigenvalue weighted by atomic mass is 10.0. The van der Waals surface area contributed by atoms with Gasteiger partial charge in [-0.25, -0.2) is 0 Å². The van der Waals surface area contributed by atoms with Crippen LogP contribution in [0.3, 0.4) is 0 Å². The van der Waals surface area contributed by atoms with Crippen molar-refractivity contribution in [1.82, 2.24) is 5.32 Å². The molecule has 1 heterocycles. The summed E-state index contributed by atoms with van der Waals surface area (Å²) < 4.78 is 0. The molecule has 116 valence electrons. The highest BCUT2D eigenvalue weighted by atomic mass is 15.0. The highest BCUT2D eigenvalue weighted by Gasteiger charge is 2.11. The molecule has 0 atom stereocenters. The van der Waals surface area contributed by atoms with Crippen LogP contribution in [0, 0.1) is 12.8 Å². The Kier molecular flexibility index (Phi) is 6.78. The third kappa shape index (κ3) is 4.71. The van der Waals surface area contributed by atoms with E-state index in [4.69, 9.17) is 0 Å². The van der Waals surface area contributed by atoms with Gasteiger partial charge in [0.05, 0.1) is 0 Å². The van der Waals surface area contributed by atoms with Crippen LogP contribution in [-0.4, -0.2) is 19.9 Å². The molecule has 0 radical (unpaired) electrons. The molecule has 4 nitrogen and oxygen atoms in total. The predicted molar refractivity (Wildman–Crippen MR) is 97.2 cm³/mol. The summed E-state index contributed by atoms with van der Waals surface area (Å²) in [6.07, 6.45) is 10.7. The molecule has 0 saturated carbocycles. The second-order valence-corrected chi connectivity index (χ2v) is 4.93. The molecule has 0 amide bonds. The van der Waals surface area contributed by atoms with Crippen molar-refractivity contribution in [2.75, 3.05) is 24.7 Å². The van der Waals surface area contributed by atoms with E-state index in [0.717, 1.165) is 41.4 Å². The first-order chi connectivity index (χ1) is 10.6. The van der Waals surface area contributed by atoms with Crippen LogP contribution in [0.5, 0.6) is 0 Å². The van der Waals surface area contributed by atoms with Crippen molar-refractivity contribution in [3.63, 3.8) is 0 Å². The zero-order valence-corrected chi connectivity index (χ0v) is 13.4. The SMILES string of the molecule is C#C.C=C(CC(=NC)NC)Nc1ccc2c(c1)NC(=C)CC2. The molecular formula is C18H24N4. The fourth-order valence-corrected chi connectivity index (χ4v) is 2.26. The van der Waals surface area contributed by atoms with Crippen LogP contribution >= 0.6 is 0 Å². The molecule has 1 aliphatic rings. The van der Waals surface area contributed by atoms with E-state index in [9.17, 15) is 0 Å². The number of benzene rings is 1. The smallest absolute Gasteiger partial charge is 0.102 e. The van der Waals surface area contributed by atoms with Gasteiger partial charge in [0, 0.05) is 43.3 Å². The molecule has 0 aliphatic carbocycles. The summed E-state index contributed by atoms with van der Waals surface area (Å²) in [5.41, 5.74) is 5.48. The summed E-state index contributed by atoms with van der Waals surface area (Å²) >= 11 is 0. The number of hydrogen-bond donors (Lipinski definition) is 3. The van der Waals surface area contributed by atoms with Crippen molar-refractivity contribution in [3.05, 3.63) is 48.3 Å². The Bertz CT molecular complexity index is 596. The molecular weight excluding hydrogens is 272 g/mol. The van der Waals surface area contributed by atoms with Gasteiger partial charge < -0.3 is 16.0 Å². The number of aliphatic imine (C=N–C) groups is 1. The van der Waals surface area contributed by atoms with Gasteiger partial charge in [-0.1, -0.05) is 19.2 Å². The average molecular weight is 296 g/mol. The van der Waals surface area contributed by atoms with Crippen LogP contribution < -0.4 is 16.0 Å². The molecule has 2 rings (SSSR count). The van der Waals surface area contributed by atoms with E-state index in [-0.39, 0.29) is 0 Å². The van der Waals surface area contributed by atoms with Gasteiger partial charge in [-0.2, -0.15) is 0 Å². The second-order valence-electron chi connectivity index (χ2n) is 4.93. The van der Waals surface area contributed by atoms with Crippen molar-refractivity contribution in [1.29, 1.82) is 0 Å². The summed E-state index contributed by atoms with van der Waals surface area (Å²) in [5, 5.41) is 9.71. The van der Waals surface area contributed by atoms with E-state index >= 15 is 0 Å². The minimum absolute atomic E-state index is 0.685. The Labute approximate surface area is 133 Å². The Morgan fingerprint density at radius 2 is 2.09 bits per heavy atom. The molecule has 0 bridgehead atoms. The first kappa shape index (κ1) is 17.4. The molecule has 0 aromatic heterocycles. The normalized spacial score (nSPS) is 13.1. The number of terminal acetylenes is 1. The molecule has 0 fully saturated rings. The molecule has 1 aliphatic heterocycles. The Balaban J connectivity index is 0.00000116. The van der Waals surface area contributed by atoms with E-state index in [2.05, 4.69) is 65.1 Å². The van der Waals surface area contributed by atoms with Crippen LogP contribution in [-0.2, 0) is 6.42 Å². The first-order valence-electron chi connectivity index (χ1n) is 7.11. The lowest BCUT2D eigenvalue weighted by molar-refractivity contribution is 0.919. The molecule has 4 heteroatoms. The van der Waals surface area contributed by atoms with E-state index in [0.29, 0.717) is 6.42 Å². The Hall–Kier alpha value is -2.67. The summed E-state index contributed by atoms with van der Waals surface area (Å²) in [7, 11) is 3.64. The number of fused-ring (bicyclic) bond motifs is 1. The van der Waals surface area contributed by atoms with Gasteiger partial charge in [0.2, 0.25) is 0 Å². The number of aryl methyl sites for hydroxylation is 1. The number of allylic oxidation sites excluding steroid dienone is 1. The molecule has 3 N–H and O–H groups in total. The third-order valence-corrected chi connectivity index (χ3v) is 3.38.